The zero-order valence-corrected chi connectivity index (χ0v) is 9.52. The van der Waals surface area contributed by atoms with Crippen LogP contribution in [-0.2, 0) is 11.2 Å². The summed E-state index contributed by atoms with van der Waals surface area (Å²) < 4.78 is 1.62. The molecule has 0 aliphatic carbocycles. The number of hydrogen-bond acceptors (Lipinski definition) is 4. The van der Waals surface area contributed by atoms with Crippen molar-refractivity contribution in [3.05, 3.63) is 42.2 Å². The minimum atomic E-state index is -0.735. The molecule has 1 aromatic carbocycles. The maximum absolute atomic E-state index is 11.5. The Hall–Kier alpha value is -2.18. The van der Waals surface area contributed by atoms with Crippen molar-refractivity contribution in [1.82, 2.24) is 9.78 Å². The number of fused-ring (bicyclic) bond motifs is 1. The fraction of sp³-hybridized carbons (Fsp3) is 0.167. The minimum absolute atomic E-state index is 0.338. The molecule has 6 nitrogen and oxygen atoms in total. The lowest BCUT2D eigenvalue weighted by Gasteiger charge is -2.23. The highest BCUT2D eigenvalue weighted by Crippen LogP contribution is 2.26. The molecule has 0 saturated carbocycles. The van der Waals surface area contributed by atoms with Crippen LogP contribution >= 0.6 is 0 Å². The van der Waals surface area contributed by atoms with Gasteiger partial charge in [0, 0.05) is 6.42 Å². The van der Waals surface area contributed by atoms with Gasteiger partial charge in [0.05, 0.1) is 23.6 Å². The van der Waals surface area contributed by atoms with Crippen LogP contribution in [0, 0.1) is 0 Å². The molecule has 0 saturated heterocycles. The molecular formula is C12H12N4O2. The lowest BCUT2D eigenvalue weighted by Crippen LogP contribution is -2.47. The number of nitrogens with zero attached hydrogens (tertiary/aromatic N) is 3. The molecule has 92 valence electrons. The van der Waals surface area contributed by atoms with Gasteiger partial charge in [0.1, 0.15) is 5.69 Å². The van der Waals surface area contributed by atoms with Gasteiger partial charge in [-0.05, 0) is 12.1 Å². The molecule has 2 heterocycles. The quantitative estimate of drug-likeness (QED) is 0.714. The number of carbonyl (C=O) groups excluding carboxylic acids is 1. The maximum atomic E-state index is 11.5. The predicted octanol–water partition coefficient (Wildman–Crippen LogP) is 0.478. The van der Waals surface area contributed by atoms with Crippen LogP contribution in [-0.4, -0.2) is 26.9 Å². The fourth-order valence-corrected chi connectivity index (χ4v) is 2.01. The van der Waals surface area contributed by atoms with Crippen molar-refractivity contribution in [2.24, 2.45) is 5.73 Å². The number of rotatable bonds is 1. The second-order valence-electron chi connectivity index (χ2n) is 4.20. The van der Waals surface area contributed by atoms with E-state index in [9.17, 15) is 10.0 Å². The van der Waals surface area contributed by atoms with Crippen molar-refractivity contribution in [1.29, 1.82) is 0 Å². The van der Waals surface area contributed by atoms with Crippen molar-refractivity contribution in [3.63, 3.8) is 0 Å². The molecular weight excluding hydrogens is 232 g/mol. The molecule has 3 rings (SSSR count). The molecule has 1 atom stereocenters. The van der Waals surface area contributed by atoms with Gasteiger partial charge in [-0.1, -0.05) is 18.2 Å². The molecule has 0 spiro atoms. The number of aromatic nitrogens is 2. The summed E-state index contributed by atoms with van der Waals surface area (Å²) in [6, 6.07) is 8.74. The third-order valence-electron chi connectivity index (χ3n) is 2.96. The van der Waals surface area contributed by atoms with E-state index in [1.807, 2.05) is 30.3 Å². The highest BCUT2D eigenvalue weighted by molar-refractivity contribution is 5.97. The molecule has 0 bridgehead atoms. The van der Waals surface area contributed by atoms with Gasteiger partial charge in [-0.15, -0.1) is 0 Å². The molecule has 1 aromatic heterocycles. The number of hydrogen-bond donors (Lipinski definition) is 2. The van der Waals surface area contributed by atoms with E-state index in [0.29, 0.717) is 22.9 Å². The Bertz CT molecular complexity index is 593. The summed E-state index contributed by atoms with van der Waals surface area (Å²) in [5, 5.41) is 14.6. The summed E-state index contributed by atoms with van der Waals surface area (Å²) in [5.74, 6) is -0.505. The molecule has 6 heteroatoms. The van der Waals surface area contributed by atoms with Crippen LogP contribution in [0.4, 0.5) is 5.69 Å². The summed E-state index contributed by atoms with van der Waals surface area (Å²) in [7, 11) is 0. The number of carbonyl (C=O) groups is 1. The summed E-state index contributed by atoms with van der Waals surface area (Å²) >= 11 is 0. The molecule has 18 heavy (non-hydrogen) atoms. The van der Waals surface area contributed by atoms with E-state index < -0.39 is 11.9 Å². The topological polar surface area (TPSA) is 84.4 Å². The van der Waals surface area contributed by atoms with Gasteiger partial charge in [-0.3, -0.25) is 10.0 Å². The largest absolute Gasteiger partial charge is 0.319 e. The van der Waals surface area contributed by atoms with E-state index in [1.54, 1.807) is 10.9 Å². The van der Waals surface area contributed by atoms with Crippen molar-refractivity contribution in [3.8, 4) is 5.69 Å². The van der Waals surface area contributed by atoms with Crippen LogP contribution < -0.4 is 10.8 Å². The van der Waals surface area contributed by atoms with E-state index in [4.69, 9.17) is 5.73 Å². The Kier molecular flexibility index (Phi) is 2.39. The molecule has 3 N–H and O–H groups in total. The van der Waals surface area contributed by atoms with Gasteiger partial charge in [0.15, 0.2) is 0 Å². The normalized spacial score (nSPS) is 18.9. The van der Waals surface area contributed by atoms with Crippen LogP contribution in [0.25, 0.3) is 5.69 Å². The van der Waals surface area contributed by atoms with Crippen molar-refractivity contribution in [2.75, 3.05) is 5.06 Å². The molecule has 0 radical (unpaired) electrons. The maximum Gasteiger partial charge on any atom is 0.268 e. The Balaban J connectivity index is 2.06. The van der Waals surface area contributed by atoms with Gasteiger partial charge >= 0.3 is 0 Å². The molecule has 0 fully saturated rings. The SMILES string of the molecule is N[C@H]1Cc2nn(-c3ccccc3)cc2N(O)C1=O. The first-order chi connectivity index (χ1) is 8.66. The van der Waals surface area contributed by atoms with Crippen molar-refractivity contribution < 1.29 is 10.0 Å². The Labute approximate surface area is 103 Å². The lowest BCUT2D eigenvalue weighted by atomic mass is 10.1. The first-order valence-corrected chi connectivity index (χ1v) is 5.59. The number of anilines is 1. The molecule has 2 aromatic rings. The van der Waals surface area contributed by atoms with Gasteiger partial charge in [0.2, 0.25) is 0 Å². The number of benzene rings is 1. The van der Waals surface area contributed by atoms with Crippen LogP contribution in [0.5, 0.6) is 0 Å². The van der Waals surface area contributed by atoms with Crippen LogP contribution in [0.2, 0.25) is 0 Å². The minimum Gasteiger partial charge on any atom is -0.319 e. The lowest BCUT2D eigenvalue weighted by molar-refractivity contribution is -0.125. The first-order valence-electron chi connectivity index (χ1n) is 5.59. The van der Waals surface area contributed by atoms with Crippen molar-refractivity contribution >= 4 is 11.6 Å². The molecule has 1 aliphatic heterocycles. The Morgan fingerprint density at radius 2 is 2.06 bits per heavy atom. The van der Waals surface area contributed by atoms with E-state index in [2.05, 4.69) is 5.10 Å². The first kappa shape index (κ1) is 10.9. The Morgan fingerprint density at radius 1 is 1.33 bits per heavy atom. The van der Waals surface area contributed by atoms with E-state index in [-0.39, 0.29) is 0 Å². The van der Waals surface area contributed by atoms with Gasteiger partial charge < -0.3 is 5.73 Å². The van der Waals surface area contributed by atoms with E-state index >= 15 is 0 Å². The third-order valence-corrected chi connectivity index (χ3v) is 2.96. The highest BCUT2D eigenvalue weighted by Gasteiger charge is 2.32. The molecule has 1 aliphatic rings. The molecule has 1 amide bonds. The smallest absolute Gasteiger partial charge is 0.268 e. The summed E-state index contributed by atoms with van der Waals surface area (Å²) in [6.07, 6.45) is 1.96. The predicted molar refractivity (Wildman–Crippen MR) is 64.5 cm³/mol. The molecule has 0 unspecified atom stereocenters. The van der Waals surface area contributed by atoms with Crippen LogP contribution in [0.15, 0.2) is 36.5 Å². The fourth-order valence-electron chi connectivity index (χ4n) is 2.01. The van der Waals surface area contributed by atoms with Gasteiger partial charge in [-0.25, -0.2) is 4.68 Å². The number of para-hydroxylation sites is 1. The number of hydroxylamine groups is 1. The summed E-state index contributed by atoms with van der Waals surface area (Å²) in [4.78, 5) is 11.5. The van der Waals surface area contributed by atoms with Crippen LogP contribution in [0.1, 0.15) is 5.69 Å². The Morgan fingerprint density at radius 3 is 2.78 bits per heavy atom. The summed E-state index contributed by atoms with van der Waals surface area (Å²) in [5.41, 5.74) is 7.51. The second-order valence-corrected chi connectivity index (χ2v) is 4.20. The third kappa shape index (κ3) is 1.59. The standard InChI is InChI=1S/C12H12N4O2/c13-9-6-10-11(16(18)12(9)17)7-15(14-10)8-4-2-1-3-5-8/h1-5,7,9,18H,6,13H2/t9-/m0/s1. The number of nitrogens with two attached hydrogens (primary N) is 1. The van der Waals surface area contributed by atoms with E-state index in [1.165, 1.54) is 0 Å². The van der Waals surface area contributed by atoms with Gasteiger partial charge in [0.25, 0.3) is 5.91 Å². The average molecular weight is 244 g/mol. The van der Waals surface area contributed by atoms with E-state index in [0.717, 1.165) is 5.69 Å². The average Bonchev–Trinajstić information content (AvgIpc) is 2.81. The zero-order valence-electron chi connectivity index (χ0n) is 9.52. The van der Waals surface area contributed by atoms with Crippen molar-refractivity contribution in [2.45, 2.75) is 12.5 Å². The summed E-state index contributed by atoms with van der Waals surface area (Å²) in [6.45, 7) is 0. The zero-order chi connectivity index (χ0) is 12.7. The number of amides is 1. The van der Waals surface area contributed by atoms with Crippen LogP contribution in [0.3, 0.4) is 0 Å². The monoisotopic (exact) mass is 244 g/mol. The van der Waals surface area contributed by atoms with Gasteiger partial charge in [-0.2, -0.15) is 10.2 Å². The second kappa shape index (κ2) is 3.94. The highest BCUT2D eigenvalue weighted by atomic mass is 16.5.